The molecular formula is C36H51ClN12O4. The highest BCUT2D eigenvalue weighted by Gasteiger charge is 2.49. The number of rotatable bonds is 4. The number of hydrogen-bond acceptors (Lipinski definition) is 14. The summed E-state index contributed by atoms with van der Waals surface area (Å²) in [5, 5.41) is 24.3. The first-order valence-electron chi connectivity index (χ1n) is 18.3. The molecule has 3 N–H and O–H groups in total. The van der Waals surface area contributed by atoms with Gasteiger partial charge >= 0.3 is 11.6 Å². The Balaban J connectivity index is 0.000000126. The van der Waals surface area contributed by atoms with E-state index in [0.29, 0.717) is 16.9 Å². The number of nitrogen functional groups attached to an aromatic ring is 1. The van der Waals surface area contributed by atoms with Crippen LogP contribution in [0, 0.1) is 20.2 Å². The minimum absolute atomic E-state index is 0.0737. The molecule has 0 radical (unpaired) electrons. The van der Waals surface area contributed by atoms with E-state index in [0.717, 1.165) is 50.8 Å². The van der Waals surface area contributed by atoms with Crippen molar-refractivity contribution in [3.8, 4) is 0 Å². The summed E-state index contributed by atoms with van der Waals surface area (Å²) in [5.41, 5.74) is 7.02. The van der Waals surface area contributed by atoms with Crippen LogP contribution in [0.5, 0.6) is 0 Å². The van der Waals surface area contributed by atoms with Gasteiger partial charge in [-0.2, -0.15) is 0 Å². The van der Waals surface area contributed by atoms with Crippen LogP contribution in [0.3, 0.4) is 0 Å². The number of likely N-dealkylation sites (tertiary alicyclic amines) is 3. The fraction of sp³-hybridized carbons (Fsp3) is 0.583. The molecule has 0 bridgehead atoms. The Morgan fingerprint density at radius 2 is 1.13 bits per heavy atom. The van der Waals surface area contributed by atoms with Crippen LogP contribution in [0.4, 0.5) is 29.1 Å². The van der Waals surface area contributed by atoms with Gasteiger partial charge in [-0.25, -0.2) is 4.98 Å². The van der Waals surface area contributed by atoms with Gasteiger partial charge in [0.25, 0.3) is 0 Å². The molecule has 3 atom stereocenters. The zero-order chi connectivity index (χ0) is 37.8. The van der Waals surface area contributed by atoms with Gasteiger partial charge < -0.3 is 41.1 Å². The van der Waals surface area contributed by atoms with Gasteiger partial charge in [-0.3, -0.25) is 14.7 Å². The van der Waals surface area contributed by atoms with Crippen LogP contribution in [-0.4, -0.2) is 136 Å². The first-order valence-corrected chi connectivity index (χ1v) is 18.7. The Bertz CT molecular complexity index is 1760. The number of nitro groups is 2. The van der Waals surface area contributed by atoms with Crippen LogP contribution in [0.2, 0.25) is 5.15 Å². The second kappa shape index (κ2) is 16.0. The Hall–Kier alpha value is -4.22. The Morgan fingerprint density at radius 1 is 0.660 bits per heavy atom. The van der Waals surface area contributed by atoms with Crippen molar-refractivity contribution >= 4 is 40.7 Å². The molecule has 286 valence electrons. The number of likely N-dealkylation sites (N-methyl/N-ethyl adjacent to an activating group) is 3. The van der Waals surface area contributed by atoms with Gasteiger partial charge in [0.05, 0.1) is 0 Å². The molecular weight excluding hydrogens is 700 g/mol. The molecule has 0 saturated carbocycles. The summed E-state index contributed by atoms with van der Waals surface area (Å²) in [6.07, 6.45) is 7.69. The largest absolute Gasteiger partial charge is 0.384 e. The third-order valence-electron chi connectivity index (χ3n) is 12.3. The third kappa shape index (κ3) is 8.46. The van der Waals surface area contributed by atoms with Gasteiger partial charge in [-0.1, -0.05) is 6.07 Å². The zero-order valence-corrected chi connectivity index (χ0v) is 31.6. The average Bonchev–Trinajstić information content (AvgIpc) is 3.95. The summed E-state index contributed by atoms with van der Waals surface area (Å²) in [6.45, 7) is 10.2. The number of nitrogens with one attached hydrogen (secondary N) is 1. The number of nitrogens with two attached hydrogens (primary N) is 1. The molecule has 53 heavy (non-hydrogen) atoms. The molecule has 6 fully saturated rings. The summed E-state index contributed by atoms with van der Waals surface area (Å²) in [7, 11) is 6.60. The highest BCUT2D eigenvalue weighted by atomic mass is 35.5. The summed E-state index contributed by atoms with van der Waals surface area (Å²) in [5.74, 6) is 2.06. The van der Waals surface area contributed by atoms with Gasteiger partial charge in [0, 0.05) is 93.2 Å². The lowest BCUT2D eigenvalue weighted by Gasteiger charge is -2.48. The summed E-state index contributed by atoms with van der Waals surface area (Å²) in [6, 6.07) is 15.1. The molecule has 16 nitrogen and oxygen atoms in total. The second-order valence-electron chi connectivity index (χ2n) is 15.1. The van der Waals surface area contributed by atoms with Crippen molar-refractivity contribution in [2.75, 3.05) is 95.6 Å². The maximum absolute atomic E-state index is 10.7. The molecule has 0 aliphatic carbocycles. The standard InChI is InChI=1S/C12H16N4O2.C12H18N4.C7H14N2.C5H3ClN2O2/c1-14-7-5-12(14)6-8-15(9-12)10-3-2-4-11(13-10)16(17)18;1-15-7-5-12(15)6-8-16(9-12)11-4-2-3-10(13)14-11;1-9-5-3-7(9)2-4-8-6-7;6-4-2-1-3-5(7-4)8(9)10/h2-4H,5-9H2,1H3;2-4H,5-9H2,1H3,(H2,13,14);8H,2-6H2,1H3;1-3H. The van der Waals surface area contributed by atoms with Gasteiger partial charge in [0.15, 0.2) is 0 Å². The average molecular weight is 751 g/mol. The number of anilines is 3. The fourth-order valence-electron chi connectivity index (χ4n) is 8.16. The number of aromatic nitrogens is 3. The van der Waals surface area contributed by atoms with Gasteiger partial charge in [0.2, 0.25) is 11.0 Å². The van der Waals surface area contributed by atoms with E-state index in [2.05, 4.69) is 65.9 Å². The molecule has 0 aromatic carbocycles. The van der Waals surface area contributed by atoms with E-state index < -0.39 is 9.85 Å². The quantitative estimate of drug-likeness (QED) is 0.223. The maximum Gasteiger partial charge on any atom is 0.365 e. The number of halogens is 1. The van der Waals surface area contributed by atoms with Crippen LogP contribution in [0.1, 0.15) is 38.5 Å². The first-order chi connectivity index (χ1) is 25.3. The zero-order valence-electron chi connectivity index (χ0n) is 30.9. The molecule has 3 aromatic rings. The highest BCUT2D eigenvalue weighted by molar-refractivity contribution is 6.29. The lowest BCUT2D eigenvalue weighted by Crippen LogP contribution is -2.59. The minimum Gasteiger partial charge on any atom is -0.384 e. The van der Waals surface area contributed by atoms with Crippen molar-refractivity contribution in [3.63, 3.8) is 0 Å². The normalized spacial score (nSPS) is 27.5. The van der Waals surface area contributed by atoms with E-state index in [1.165, 1.54) is 82.5 Å². The molecule has 3 unspecified atom stereocenters. The molecule has 9 rings (SSSR count). The molecule has 3 aromatic heterocycles. The molecule has 3 spiro atoms. The van der Waals surface area contributed by atoms with Crippen LogP contribution in [0.25, 0.3) is 0 Å². The predicted molar refractivity (Wildman–Crippen MR) is 207 cm³/mol. The van der Waals surface area contributed by atoms with Gasteiger partial charge in [-0.05, 0) is 122 Å². The van der Waals surface area contributed by atoms with E-state index in [-0.39, 0.29) is 22.3 Å². The van der Waals surface area contributed by atoms with E-state index in [9.17, 15) is 20.2 Å². The smallest absolute Gasteiger partial charge is 0.365 e. The van der Waals surface area contributed by atoms with Crippen LogP contribution in [0.15, 0.2) is 54.6 Å². The molecule has 9 heterocycles. The van der Waals surface area contributed by atoms with Crippen LogP contribution < -0.4 is 20.9 Å². The van der Waals surface area contributed by atoms with Crippen molar-refractivity contribution in [2.24, 2.45) is 0 Å². The Labute approximate surface area is 315 Å². The van der Waals surface area contributed by atoms with Crippen molar-refractivity contribution in [1.29, 1.82) is 0 Å². The van der Waals surface area contributed by atoms with Crippen LogP contribution in [-0.2, 0) is 0 Å². The summed E-state index contributed by atoms with van der Waals surface area (Å²) >= 11 is 5.37. The SMILES string of the molecule is CN1CCC12CCN(c1cccc(N)n1)C2.CN1CCC12CCN(c1cccc([N+](=O)[O-])n1)C2.CN1CCC12CCNC2.O=[N+]([O-])c1cccc(Cl)n1. The highest BCUT2D eigenvalue weighted by Crippen LogP contribution is 2.40. The Kier molecular flexibility index (Phi) is 11.6. The van der Waals surface area contributed by atoms with Crippen molar-refractivity contribution in [3.05, 3.63) is 80.0 Å². The van der Waals surface area contributed by atoms with Crippen molar-refractivity contribution < 1.29 is 9.85 Å². The van der Waals surface area contributed by atoms with E-state index in [1.54, 1.807) is 6.07 Å². The molecule has 6 saturated heterocycles. The predicted octanol–water partition coefficient (Wildman–Crippen LogP) is 3.92. The third-order valence-corrected chi connectivity index (χ3v) is 12.5. The number of hydrogen-bond donors (Lipinski definition) is 2. The van der Waals surface area contributed by atoms with E-state index >= 15 is 0 Å². The lowest BCUT2D eigenvalue weighted by molar-refractivity contribution is -0.389. The molecule has 6 aliphatic heterocycles. The fourth-order valence-corrected chi connectivity index (χ4v) is 8.32. The number of pyridine rings is 3. The molecule has 6 aliphatic rings. The topological polar surface area (TPSA) is 179 Å². The van der Waals surface area contributed by atoms with Crippen molar-refractivity contribution in [1.82, 2.24) is 35.0 Å². The second-order valence-corrected chi connectivity index (χ2v) is 15.5. The summed E-state index contributed by atoms with van der Waals surface area (Å²) < 4.78 is 0. The number of nitrogens with zero attached hydrogens (tertiary/aromatic N) is 10. The van der Waals surface area contributed by atoms with E-state index in [4.69, 9.17) is 17.3 Å². The minimum atomic E-state index is -0.591. The first kappa shape index (κ1) is 38.5. The van der Waals surface area contributed by atoms with Crippen LogP contribution >= 0.6 is 11.6 Å². The Morgan fingerprint density at radius 3 is 1.49 bits per heavy atom. The van der Waals surface area contributed by atoms with Crippen molar-refractivity contribution in [2.45, 2.75) is 55.1 Å². The van der Waals surface area contributed by atoms with Gasteiger partial charge in [0.1, 0.15) is 11.6 Å². The lowest BCUT2D eigenvalue weighted by atomic mass is 9.85. The maximum atomic E-state index is 10.7. The molecule has 0 amide bonds. The van der Waals surface area contributed by atoms with Gasteiger partial charge in [-0.15, -0.1) is 0 Å². The van der Waals surface area contributed by atoms with E-state index in [1.807, 2.05) is 24.3 Å². The monoisotopic (exact) mass is 750 g/mol. The molecule has 17 heteroatoms. The summed E-state index contributed by atoms with van der Waals surface area (Å²) in [4.78, 5) is 43.5.